The molecule has 0 N–H and O–H groups in total. The molecular formula is C5H7O-. The van der Waals surface area contributed by atoms with E-state index in [9.17, 15) is 5.11 Å². The summed E-state index contributed by atoms with van der Waals surface area (Å²) in [5.41, 5.74) is 0. The van der Waals surface area contributed by atoms with Crippen molar-refractivity contribution in [2.24, 2.45) is 0 Å². The van der Waals surface area contributed by atoms with Crippen molar-refractivity contribution in [2.45, 2.75) is 6.92 Å². The van der Waals surface area contributed by atoms with Crippen LogP contribution in [0.25, 0.3) is 0 Å². The number of allylic oxidation sites excluding steroid dienone is 2. The number of rotatable bonds is 1. The van der Waals surface area contributed by atoms with Crippen molar-refractivity contribution < 1.29 is 5.11 Å². The second-order valence-corrected chi connectivity index (χ2v) is 0.895. The maximum atomic E-state index is 10.0. The van der Waals surface area contributed by atoms with E-state index in [1.165, 1.54) is 12.2 Å². The van der Waals surface area contributed by atoms with E-state index in [2.05, 4.69) is 6.58 Å². The van der Waals surface area contributed by atoms with Crippen LogP contribution in [0.5, 0.6) is 0 Å². The van der Waals surface area contributed by atoms with E-state index in [-0.39, 0.29) is 5.76 Å². The van der Waals surface area contributed by atoms with Crippen molar-refractivity contribution >= 4 is 0 Å². The second-order valence-electron chi connectivity index (χ2n) is 0.895. The molecule has 0 saturated heterocycles. The molecule has 0 aliphatic rings. The van der Waals surface area contributed by atoms with Gasteiger partial charge in [0.25, 0.3) is 0 Å². The van der Waals surface area contributed by atoms with Gasteiger partial charge in [-0.15, -0.1) is 5.76 Å². The minimum absolute atomic E-state index is 0.0185. The van der Waals surface area contributed by atoms with E-state index in [0.29, 0.717) is 0 Å². The van der Waals surface area contributed by atoms with Crippen LogP contribution in [0.3, 0.4) is 0 Å². The van der Waals surface area contributed by atoms with Crippen molar-refractivity contribution in [3.8, 4) is 0 Å². The lowest BCUT2D eigenvalue weighted by Crippen LogP contribution is -1.97. The van der Waals surface area contributed by atoms with Gasteiger partial charge in [-0.3, -0.25) is 0 Å². The van der Waals surface area contributed by atoms with Gasteiger partial charge in [-0.05, 0) is 6.92 Å². The minimum atomic E-state index is -0.0185. The summed E-state index contributed by atoms with van der Waals surface area (Å²) >= 11 is 0. The van der Waals surface area contributed by atoms with Crippen LogP contribution in [0, 0.1) is 0 Å². The molecule has 6 heavy (non-hydrogen) atoms. The molecule has 0 spiro atoms. The zero-order valence-corrected chi connectivity index (χ0v) is 3.77. The summed E-state index contributed by atoms with van der Waals surface area (Å²) in [4.78, 5) is 0. The average Bonchev–Trinajstić information content (AvgIpc) is 1.65. The fraction of sp³-hybridized carbons (Fsp3) is 0.200. The van der Waals surface area contributed by atoms with Crippen molar-refractivity contribution in [1.82, 2.24) is 0 Å². The Hall–Kier alpha value is -0.720. The summed E-state index contributed by atoms with van der Waals surface area (Å²) in [6.07, 6.45) is 2.74. The van der Waals surface area contributed by atoms with Gasteiger partial charge in [-0.2, -0.15) is 0 Å². The molecule has 0 aromatic heterocycles. The minimum Gasteiger partial charge on any atom is -0.873 e. The summed E-state index contributed by atoms with van der Waals surface area (Å²) < 4.78 is 0. The van der Waals surface area contributed by atoms with Gasteiger partial charge in [-0.25, -0.2) is 0 Å². The maximum absolute atomic E-state index is 10.0. The summed E-state index contributed by atoms with van der Waals surface area (Å²) in [5, 5.41) is 10.0. The Bertz CT molecular complexity index is 72.0. The molecule has 0 saturated carbocycles. The van der Waals surface area contributed by atoms with Gasteiger partial charge in [0.15, 0.2) is 0 Å². The smallest absolute Gasteiger partial charge is 0.0473 e. The molecule has 34 valence electrons. The third-order valence-corrected chi connectivity index (χ3v) is 0.486. The molecule has 0 aliphatic heterocycles. The van der Waals surface area contributed by atoms with Gasteiger partial charge in [0, 0.05) is 0 Å². The standard InChI is InChI=1S/C5H8O/c1-3-5(6)4-2/h3-4,6H,1H2,2H3/p-1/b5-4+. The third kappa shape index (κ3) is 1.58. The van der Waals surface area contributed by atoms with E-state index in [1.54, 1.807) is 6.92 Å². The molecule has 0 unspecified atom stereocenters. The summed E-state index contributed by atoms with van der Waals surface area (Å²) in [6.45, 7) is 4.94. The summed E-state index contributed by atoms with van der Waals surface area (Å²) in [7, 11) is 0. The molecule has 0 aliphatic carbocycles. The highest BCUT2D eigenvalue weighted by Gasteiger charge is 1.55. The molecule has 0 rings (SSSR count). The lowest BCUT2D eigenvalue weighted by molar-refractivity contribution is -0.295. The number of hydrogen-bond donors (Lipinski definition) is 0. The molecule has 0 aromatic rings. The lowest BCUT2D eigenvalue weighted by atomic mass is 10.5. The largest absolute Gasteiger partial charge is 0.873 e. The van der Waals surface area contributed by atoms with Crippen LogP contribution in [0.1, 0.15) is 6.92 Å². The Labute approximate surface area is 37.6 Å². The topological polar surface area (TPSA) is 23.1 Å². The molecule has 1 nitrogen and oxygen atoms in total. The fourth-order valence-corrected chi connectivity index (χ4v) is 0.118. The summed E-state index contributed by atoms with van der Waals surface area (Å²) in [6, 6.07) is 0. The van der Waals surface area contributed by atoms with Crippen LogP contribution < -0.4 is 5.11 Å². The zero-order chi connectivity index (χ0) is 4.99. The van der Waals surface area contributed by atoms with Crippen LogP contribution >= 0.6 is 0 Å². The Kier molecular flexibility index (Phi) is 2.21. The van der Waals surface area contributed by atoms with Crippen LogP contribution in [-0.2, 0) is 0 Å². The first kappa shape index (κ1) is 5.28. The first-order valence-electron chi connectivity index (χ1n) is 1.77. The Morgan fingerprint density at radius 3 is 2.33 bits per heavy atom. The molecule has 0 amide bonds. The number of hydrogen-bond acceptors (Lipinski definition) is 1. The van der Waals surface area contributed by atoms with E-state index in [0.717, 1.165) is 0 Å². The van der Waals surface area contributed by atoms with Gasteiger partial charge in [-0.1, -0.05) is 18.7 Å². The normalized spacial score (nSPS) is 11.2. The molecule has 0 heterocycles. The predicted octanol–water partition coefficient (Wildman–Crippen LogP) is 0.436. The fourth-order valence-electron chi connectivity index (χ4n) is 0.118. The van der Waals surface area contributed by atoms with Gasteiger partial charge in [0.2, 0.25) is 0 Å². The lowest BCUT2D eigenvalue weighted by Gasteiger charge is -1.98. The monoisotopic (exact) mass is 83.1 g/mol. The molecule has 0 atom stereocenters. The highest BCUT2D eigenvalue weighted by molar-refractivity contribution is 5.02. The predicted molar refractivity (Wildman–Crippen MR) is 24.0 cm³/mol. The molecule has 1 heteroatoms. The summed E-state index contributed by atoms with van der Waals surface area (Å²) in [5.74, 6) is -0.0185. The molecule has 0 fully saturated rings. The maximum Gasteiger partial charge on any atom is -0.0473 e. The highest BCUT2D eigenvalue weighted by atomic mass is 16.3. The zero-order valence-electron chi connectivity index (χ0n) is 3.77. The highest BCUT2D eigenvalue weighted by Crippen LogP contribution is 1.77. The Morgan fingerprint density at radius 1 is 1.83 bits per heavy atom. The quantitative estimate of drug-likeness (QED) is 0.333. The van der Waals surface area contributed by atoms with E-state index >= 15 is 0 Å². The SMILES string of the molecule is C=C/C([O-])=C\C. The van der Waals surface area contributed by atoms with E-state index in [1.807, 2.05) is 0 Å². The van der Waals surface area contributed by atoms with Gasteiger partial charge in [0.1, 0.15) is 0 Å². The second kappa shape index (κ2) is 2.51. The van der Waals surface area contributed by atoms with Crippen LogP contribution in [0.2, 0.25) is 0 Å². The Balaban J connectivity index is 3.50. The van der Waals surface area contributed by atoms with Crippen LogP contribution in [0.15, 0.2) is 24.5 Å². The van der Waals surface area contributed by atoms with Crippen molar-refractivity contribution in [2.75, 3.05) is 0 Å². The van der Waals surface area contributed by atoms with E-state index in [4.69, 9.17) is 0 Å². The van der Waals surface area contributed by atoms with E-state index < -0.39 is 0 Å². The van der Waals surface area contributed by atoms with Gasteiger partial charge < -0.3 is 5.11 Å². The molecular weight excluding hydrogens is 76.1 g/mol. The van der Waals surface area contributed by atoms with Gasteiger partial charge >= 0.3 is 0 Å². The molecule has 0 radical (unpaired) electrons. The molecule has 0 aromatic carbocycles. The molecule has 0 bridgehead atoms. The van der Waals surface area contributed by atoms with Crippen LogP contribution in [-0.4, -0.2) is 0 Å². The van der Waals surface area contributed by atoms with Crippen LogP contribution in [0.4, 0.5) is 0 Å². The Morgan fingerprint density at radius 2 is 2.33 bits per heavy atom. The van der Waals surface area contributed by atoms with Crippen molar-refractivity contribution in [3.63, 3.8) is 0 Å². The first-order valence-corrected chi connectivity index (χ1v) is 1.77. The average molecular weight is 83.1 g/mol. The van der Waals surface area contributed by atoms with Gasteiger partial charge in [0.05, 0.1) is 0 Å². The van der Waals surface area contributed by atoms with Crippen molar-refractivity contribution in [1.29, 1.82) is 0 Å². The first-order chi connectivity index (χ1) is 2.81. The third-order valence-electron chi connectivity index (χ3n) is 0.486. The van der Waals surface area contributed by atoms with Crippen molar-refractivity contribution in [3.05, 3.63) is 24.5 Å².